The Morgan fingerprint density at radius 3 is 2.58 bits per heavy atom. The molecule has 1 aromatic carbocycles. The number of H-pyrrole nitrogens is 1. The molecule has 0 radical (unpaired) electrons. The van der Waals surface area contributed by atoms with Gasteiger partial charge in [0.25, 0.3) is 0 Å². The van der Waals surface area contributed by atoms with E-state index in [2.05, 4.69) is 61.5 Å². The Kier molecular flexibility index (Phi) is 5.81. The largest absolute Gasteiger partial charge is 0.400 e. The maximum atomic E-state index is 7.00. The van der Waals surface area contributed by atoms with Crippen molar-refractivity contribution < 1.29 is 5.11 Å². The van der Waals surface area contributed by atoms with Crippen molar-refractivity contribution in [1.29, 1.82) is 0 Å². The molecule has 2 N–H and O–H groups in total. The molecule has 3 atom stereocenters. The highest BCUT2D eigenvalue weighted by atomic mass is 16.2. The first-order chi connectivity index (χ1) is 11.6. The lowest BCUT2D eigenvalue weighted by atomic mass is 9.56. The number of nitrogens with one attached hydrogen (secondary N) is 1. The van der Waals surface area contributed by atoms with Crippen molar-refractivity contribution in [3.8, 4) is 0 Å². The molecular weight excluding hydrogens is 298 g/mol. The molecule has 2 aliphatic carbocycles. The summed E-state index contributed by atoms with van der Waals surface area (Å²) in [4.78, 5) is 0. The highest BCUT2D eigenvalue weighted by molar-refractivity contribution is 5.79. The van der Waals surface area contributed by atoms with Gasteiger partial charge in [-0.3, -0.25) is 0 Å². The van der Waals surface area contributed by atoms with Crippen molar-refractivity contribution in [2.24, 2.45) is 17.3 Å². The minimum absolute atomic E-state index is 0.497. The second-order valence-electron chi connectivity index (χ2n) is 7.45. The molecule has 132 valence electrons. The summed E-state index contributed by atoms with van der Waals surface area (Å²) in [6.45, 7) is 13.4. The van der Waals surface area contributed by atoms with Gasteiger partial charge in [-0.05, 0) is 66.0 Å². The Labute approximate surface area is 145 Å². The van der Waals surface area contributed by atoms with Gasteiger partial charge >= 0.3 is 0 Å². The van der Waals surface area contributed by atoms with E-state index >= 15 is 0 Å². The quantitative estimate of drug-likeness (QED) is 0.701. The van der Waals surface area contributed by atoms with Crippen LogP contribution in [0, 0.1) is 17.3 Å². The fourth-order valence-corrected chi connectivity index (χ4v) is 4.64. The molecule has 2 aliphatic rings. The molecule has 1 heterocycles. The van der Waals surface area contributed by atoms with Crippen LogP contribution < -0.4 is 0 Å². The Morgan fingerprint density at radius 2 is 1.88 bits per heavy atom. The van der Waals surface area contributed by atoms with Crippen molar-refractivity contribution >= 4 is 11.0 Å². The van der Waals surface area contributed by atoms with E-state index in [1.807, 2.05) is 0 Å². The zero-order chi connectivity index (χ0) is 17.9. The van der Waals surface area contributed by atoms with Gasteiger partial charge in [0, 0.05) is 7.11 Å². The summed E-state index contributed by atoms with van der Waals surface area (Å²) in [6, 6.07) is 4.46. The predicted octanol–water partition coefficient (Wildman–Crippen LogP) is 4.47. The molecule has 0 bridgehead atoms. The lowest BCUT2D eigenvalue weighted by Crippen LogP contribution is -2.39. The number of aromatic nitrogens is 3. The van der Waals surface area contributed by atoms with Gasteiger partial charge < -0.3 is 5.11 Å². The molecule has 0 amide bonds. The third kappa shape index (κ3) is 3.00. The molecule has 2 aromatic rings. The standard InChI is InChI=1S/C17H23N3.C2H4.CH4O/c1-10-11-4-5-14-12(13(11)8-9-17(10,2)3)6-7-15-16(14)19-20-18-15;2*1-2/h6-7,10-11,13H,4-5,8-9H2,1-3H3,(H,18,19,20);1-2H2;2H,1H3. The number of aliphatic hydroxyl groups is 1. The maximum absolute atomic E-state index is 7.00. The van der Waals surface area contributed by atoms with Crippen molar-refractivity contribution in [3.63, 3.8) is 0 Å². The summed E-state index contributed by atoms with van der Waals surface area (Å²) in [5, 5.41) is 18.4. The number of aromatic amines is 1. The van der Waals surface area contributed by atoms with Gasteiger partial charge in [-0.2, -0.15) is 15.4 Å². The number of rotatable bonds is 0. The molecule has 4 heteroatoms. The average Bonchev–Trinajstić information content (AvgIpc) is 3.10. The molecule has 4 nitrogen and oxygen atoms in total. The van der Waals surface area contributed by atoms with E-state index in [0.29, 0.717) is 5.41 Å². The first-order valence-electron chi connectivity index (χ1n) is 8.85. The number of hydrogen-bond acceptors (Lipinski definition) is 3. The Balaban J connectivity index is 0.000000487. The van der Waals surface area contributed by atoms with E-state index in [1.165, 1.54) is 31.2 Å². The van der Waals surface area contributed by atoms with E-state index in [0.717, 1.165) is 35.9 Å². The third-order valence-electron chi connectivity index (χ3n) is 6.25. The van der Waals surface area contributed by atoms with Crippen LogP contribution in [-0.2, 0) is 6.42 Å². The normalized spacial score (nSPS) is 27.0. The van der Waals surface area contributed by atoms with Gasteiger partial charge in [-0.1, -0.05) is 26.8 Å². The lowest BCUT2D eigenvalue weighted by Gasteiger charge is -2.49. The number of nitrogens with zero attached hydrogens (tertiary/aromatic N) is 2. The molecule has 1 saturated carbocycles. The first-order valence-corrected chi connectivity index (χ1v) is 8.85. The Hall–Kier alpha value is -1.68. The number of aryl methyl sites for hydroxylation is 1. The number of fused-ring (bicyclic) bond motifs is 5. The van der Waals surface area contributed by atoms with Gasteiger partial charge in [0.2, 0.25) is 0 Å². The molecule has 0 aliphatic heterocycles. The van der Waals surface area contributed by atoms with Gasteiger partial charge in [0.1, 0.15) is 11.0 Å². The summed E-state index contributed by atoms with van der Waals surface area (Å²) >= 11 is 0. The molecule has 1 fully saturated rings. The van der Waals surface area contributed by atoms with Crippen LogP contribution in [0.4, 0.5) is 0 Å². The second-order valence-corrected chi connectivity index (χ2v) is 7.45. The Morgan fingerprint density at radius 1 is 1.17 bits per heavy atom. The van der Waals surface area contributed by atoms with Crippen molar-refractivity contribution in [2.45, 2.75) is 52.4 Å². The fraction of sp³-hybridized carbons (Fsp3) is 0.600. The molecule has 0 saturated heterocycles. The molecule has 1 aromatic heterocycles. The molecule has 4 rings (SSSR count). The summed E-state index contributed by atoms with van der Waals surface area (Å²) in [6.07, 6.45) is 5.15. The van der Waals surface area contributed by atoms with Crippen molar-refractivity contribution in [3.05, 3.63) is 36.4 Å². The SMILES string of the molecule is C=C.CC1C2CCc3c(ccc4n[nH]nc34)C2CCC1(C)C.CO. The topological polar surface area (TPSA) is 61.8 Å². The average molecular weight is 329 g/mol. The van der Waals surface area contributed by atoms with Crippen molar-refractivity contribution in [1.82, 2.24) is 15.4 Å². The van der Waals surface area contributed by atoms with E-state index < -0.39 is 0 Å². The van der Waals surface area contributed by atoms with E-state index in [9.17, 15) is 0 Å². The number of benzene rings is 1. The predicted molar refractivity (Wildman–Crippen MR) is 100 cm³/mol. The highest BCUT2D eigenvalue weighted by Crippen LogP contribution is 2.54. The molecule has 24 heavy (non-hydrogen) atoms. The minimum Gasteiger partial charge on any atom is -0.400 e. The van der Waals surface area contributed by atoms with Crippen LogP contribution in [0.2, 0.25) is 0 Å². The number of aliphatic hydroxyl groups excluding tert-OH is 1. The third-order valence-corrected chi connectivity index (χ3v) is 6.25. The van der Waals surface area contributed by atoms with Crippen molar-refractivity contribution in [2.75, 3.05) is 7.11 Å². The van der Waals surface area contributed by atoms with Gasteiger partial charge in [-0.25, -0.2) is 0 Å². The minimum atomic E-state index is 0.497. The Bertz CT molecular complexity index is 677. The monoisotopic (exact) mass is 329 g/mol. The smallest absolute Gasteiger partial charge is 0.116 e. The summed E-state index contributed by atoms with van der Waals surface area (Å²) in [5.41, 5.74) is 5.65. The van der Waals surface area contributed by atoms with Crippen LogP contribution in [-0.4, -0.2) is 27.6 Å². The van der Waals surface area contributed by atoms with E-state index in [1.54, 1.807) is 5.56 Å². The van der Waals surface area contributed by atoms with Crippen LogP contribution >= 0.6 is 0 Å². The fourth-order valence-electron chi connectivity index (χ4n) is 4.64. The molecule has 0 spiro atoms. The van der Waals surface area contributed by atoms with Crippen LogP contribution in [0.15, 0.2) is 25.3 Å². The van der Waals surface area contributed by atoms with Gasteiger partial charge in [-0.15, -0.1) is 13.2 Å². The molecular formula is C20H31N3O. The van der Waals surface area contributed by atoms with Crippen LogP contribution in [0.3, 0.4) is 0 Å². The first kappa shape index (κ1) is 18.7. The number of hydrogen-bond donors (Lipinski definition) is 2. The zero-order valence-corrected chi connectivity index (χ0v) is 15.5. The van der Waals surface area contributed by atoms with Crippen LogP contribution in [0.1, 0.15) is 57.1 Å². The summed E-state index contributed by atoms with van der Waals surface area (Å²) in [7, 11) is 1.00. The van der Waals surface area contributed by atoms with E-state index in [-0.39, 0.29) is 0 Å². The van der Waals surface area contributed by atoms with Gasteiger partial charge in [0.15, 0.2) is 0 Å². The lowest BCUT2D eigenvalue weighted by molar-refractivity contribution is 0.0601. The summed E-state index contributed by atoms with van der Waals surface area (Å²) in [5.74, 6) is 2.39. The second kappa shape index (κ2) is 7.47. The zero-order valence-electron chi connectivity index (χ0n) is 15.5. The highest BCUT2D eigenvalue weighted by Gasteiger charge is 2.44. The van der Waals surface area contributed by atoms with Crippen LogP contribution in [0.5, 0.6) is 0 Å². The van der Waals surface area contributed by atoms with Gasteiger partial charge in [0.05, 0.1) is 0 Å². The summed E-state index contributed by atoms with van der Waals surface area (Å²) < 4.78 is 0. The van der Waals surface area contributed by atoms with E-state index in [4.69, 9.17) is 5.11 Å². The molecule has 3 unspecified atom stereocenters. The maximum Gasteiger partial charge on any atom is 0.116 e. The van der Waals surface area contributed by atoms with Crippen LogP contribution in [0.25, 0.3) is 11.0 Å².